The van der Waals surface area contributed by atoms with Gasteiger partial charge >= 0.3 is 5.97 Å². The van der Waals surface area contributed by atoms with Crippen LogP contribution in [0.2, 0.25) is 0 Å². The molecule has 134 valence electrons. The molecule has 1 aromatic carbocycles. The van der Waals surface area contributed by atoms with E-state index in [1.54, 1.807) is 12.1 Å². The van der Waals surface area contributed by atoms with E-state index in [1.807, 2.05) is 0 Å². The molecule has 10 nitrogen and oxygen atoms in total. The number of carbonyl (C=O) groups excluding carboxylic acids is 3. The molecule has 2 aromatic rings. The van der Waals surface area contributed by atoms with E-state index in [0.29, 0.717) is 5.06 Å². The first-order chi connectivity index (χ1) is 12.3. The Bertz CT molecular complexity index is 1040. The molecule has 11 heteroatoms. The maximum absolute atomic E-state index is 12.5. The number of amides is 2. The van der Waals surface area contributed by atoms with Gasteiger partial charge in [0.1, 0.15) is 5.56 Å². The SMILES string of the molecule is CN1CCn2ncc(C(=O)ON3C(=O)c4ccccc4C3=O)c2S1(=O)=O. The minimum atomic E-state index is -3.92. The van der Waals surface area contributed by atoms with E-state index in [9.17, 15) is 22.8 Å². The zero-order valence-electron chi connectivity index (χ0n) is 13.4. The molecule has 0 radical (unpaired) electrons. The fraction of sp³-hybridized carbons (Fsp3) is 0.200. The van der Waals surface area contributed by atoms with E-state index in [1.165, 1.54) is 23.9 Å². The number of hydrogen-bond acceptors (Lipinski definition) is 7. The average Bonchev–Trinajstić information content (AvgIpc) is 3.16. The van der Waals surface area contributed by atoms with E-state index in [4.69, 9.17) is 4.84 Å². The van der Waals surface area contributed by atoms with Crippen LogP contribution in [-0.2, 0) is 21.4 Å². The lowest BCUT2D eigenvalue weighted by atomic mass is 10.1. The molecule has 1 aromatic heterocycles. The third-order valence-corrected chi connectivity index (χ3v) is 6.15. The van der Waals surface area contributed by atoms with Gasteiger partial charge in [0.05, 0.1) is 23.9 Å². The molecule has 2 aliphatic rings. The van der Waals surface area contributed by atoms with Crippen LogP contribution in [0.3, 0.4) is 0 Å². The maximum Gasteiger partial charge on any atom is 0.368 e. The second-order valence-electron chi connectivity index (χ2n) is 5.74. The van der Waals surface area contributed by atoms with Gasteiger partial charge in [-0.1, -0.05) is 17.2 Å². The number of fused-ring (bicyclic) bond motifs is 2. The predicted octanol–water partition coefficient (Wildman–Crippen LogP) is -0.115. The molecule has 0 saturated carbocycles. The zero-order chi connectivity index (χ0) is 18.6. The van der Waals surface area contributed by atoms with Crippen molar-refractivity contribution < 1.29 is 27.6 Å². The van der Waals surface area contributed by atoms with Gasteiger partial charge in [-0.15, -0.1) is 0 Å². The molecule has 3 heterocycles. The van der Waals surface area contributed by atoms with Crippen molar-refractivity contribution in [3.63, 3.8) is 0 Å². The van der Waals surface area contributed by atoms with Crippen LogP contribution >= 0.6 is 0 Å². The van der Waals surface area contributed by atoms with Gasteiger partial charge in [-0.05, 0) is 12.1 Å². The van der Waals surface area contributed by atoms with Crippen LogP contribution in [0.25, 0.3) is 0 Å². The summed E-state index contributed by atoms with van der Waals surface area (Å²) >= 11 is 0. The number of hydrogen-bond donors (Lipinski definition) is 0. The summed E-state index contributed by atoms with van der Waals surface area (Å²) in [5.41, 5.74) is -0.127. The highest BCUT2D eigenvalue weighted by Crippen LogP contribution is 2.26. The highest BCUT2D eigenvalue weighted by Gasteiger charge is 2.41. The van der Waals surface area contributed by atoms with Crippen molar-refractivity contribution in [2.24, 2.45) is 0 Å². The maximum atomic E-state index is 12.5. The van der Waals surface area contributed by atoms with Crippen LogP contribution in [0.5, 0.6) is 0 Å². The predicted molar refractivity (Wildman–Crippen MR) is 84.4 cm³/mol. The van der Waals surface area contributed by atoms with Gasteiger partial charge in [0, 0.05) is 13.6 Å². The molecule has 2 amide bonds. The van der Waals surface area contributed by atoms with Crippen molar-refractivity contribution in [2.75, 3.05) is 13.6 Å². The van der Waals surface area contributed by atoms with Crippen LogP contribution in [0, 0.1) is 0 Å². The number of imide groups is 1. The van der Waals surface area contributed by atoms with E-state index in [-0.39, 0.29) is 34.8 Å². The highest BCUT2D eigenvalue weighted by atomic mass is 32.2. The van der Waals surface area contributed by atoms with E-state index >= 15 is 0 Å². The molecular formula is C15H12N4O6S. The standard InChI is InChI=1S/C15H12N4O6S/c1-17-6-7-18-14(26(17,23)24)11(8-16-18)15(22)25-19-12(20)9-4-2-3-5-10(9)13(19)21/h2-5,8H,6-7H2,1H3. The number of likely N-dealkylation sites (N-methyl/N-ethyl adjacent to an activating group) is 1. The quantitative estimate of drug-likeness (QED) is 0.671. The van der Waals surface area contributed by atoms with Crippen molar-refractivity contribution in [3.8, 4) is 0 Å². The van der Waals surface area contributed by atoms with Crippen LogP contribution < -0.4 is 0 Å². The van der Waals surface area contributed by atoms with Gasteiger partial charge in [0.15, 0.2) is 5.03 Å². The Balaban J connectivity index is 1.67. The molecular weight excluding hydrogens is 364 g/mol. The number of sulfonamides is 1. The summed E-state index contributed by atoms with van der Waals surface area (Å²) in [4.78, 5) is 41.9. The molecule has 2 aliphatic heterocycles. The monoisotopic (exact) mass is 376 g/mol. The highest BCUT2D eigenvalue weighted by molar-refractivity contribution is 7.89. The summed E-state index contributed by atoms with van der Waals surface area (Å²) < 4.78 is 27.2. The van der Waals surface area contributed by atoms with E-state index in [2.05, 4.69) is 5.10 Å². The van der Waals surface area contributed by atoms with Crippen LogP contribution in [0.4, 0.5) is 0 Å². The minimum Gasteiger partial charge on any atom is -0.324 e. The second kappa shape index (κ2) is 5.47. The number of nitrogens with zero attached hydrogens (tertiary/aromatic N) is 4. The Kier molecular flexibility index (Phi) is 3.46. The molecule has 0 atom stereocenters. The summed E-state index contributed by atoms with van der Waals surface area (Å²) in [5, 5.41) is 3.89. The van der Waals surface area contributed by atoms with Crippen molar-refractivity contribution in [2.45, 2.75) is 11.6 Å². The number of benzene rings is 1. The Morgan fingerprint density at radius 3 is 2.35 bits per heavy atom. The summed E-state index contributed by atoms with van der Waals surface area (Å²) in [6.07, 6.45) is 1.05. The van der Waals surface area contributed by atoms with Crippen molar-refractivity contribution in [3.05, 3.63) is 47.2 Å². The Morgan fingerprint density at radius 1 is 1.12 bits per heavy atom. The summed E-state index contributed by atoms with van der Waals surface area (Å²) in [6, 6.07) is 6.02. The smallest absolute Gasteiger partial charge is 0.324 e. The lowest BCUT2D eigenvalue weighted by Crippen LogP contribution is -2.38. The molecule has 0 bridgehead atoms. The van der Waals surface area contributed by atoms with Gasteiger partial charge in [-0.25, -0.2) is 13.2 Å². The van der Waals surface area contributed by atoms with Crippen molar-refractivity contribution >= 4 is 27.8 Å². The molecule has 0 aliphatic carbocycles. The summed E-state index contributed by atoms with van der Waals surface area (Å²) in [5.74, 6) is -2.74. The fourth-order valence-corrected chi connectivity index (χ4v) is 4.27. The average molecular weight is 376 g/mol. The number of rotatable bonds is 2. The third-order valence-electron chi connectivity index (χ3n) is 4.22. The molecule has 0 fully saturated rings. The topological polar surface area (TPSA) is 119 Å². The largest absolute Gasteiger partial charge is 0.368 e. The number of hydroxylamine groups is 2. The minimum absolute atomic E-state index is 0.106. The molecule has 4 rings (SSSR count). The van der Waals surface area contributed by atoms with Gasteiger partial charge in [0.25, 0.3) is 21.8 Å². The van der Waals surface area contributed by atoms with Gasteiger partial charge in [0.2, 0.25) is 0 Å². The third kappa shape index (κ3) is 2.17. The van der Waals surface area contributed by atoms with Crippen LogP contribution in [0.1, 0.15) is 31.1 Å². The first kappa shape index (κ1) is 16.4. The van der Waals surface area contributed by atoms with Crippen molar-refractivity contribution in [1.82, 2.24) is 19.1 Å². The van der Waals surface area contributed by atoms with Crippen molar-refractivity contribution in [1.29, 1.82) is 0 Å². The Labute approximate surface area is 147 Å². The Morgan fingerprint density at radius 2 is 1.73 bits per heavy atom. The molecule has 0 spiro atoms. The van der Waals surface area contributed by atoms with E-state index < -0.39 is 27.8 Å². The fourth-order valence-electron chi connectivity index (χ4n) is 2.83. The molecule has 0 N–H and O–H groups in total. The summed E-state index contributed by atoms with van der Waals surface area (Å²) in [7, 11) is -2.54. The first-order valence-corrected chi connectivity index (χ1v) is 8.98. The second-order valence-corrected chi connectivity index (χ2v) is 7.70. The molecule has 26 heavy (non-hydrogen) atoms. The van der Waals surface area contributed by atoms with E-state index in [0.717, 1.165) is 10.5 Å². The van der Waals surface area contributed by atoms with Gasteiger partial charge in [-0.2, -0.15) is 9.40 Å². The van der Waals surface area contributed by atoms with Gasteiger partial charge < -0.3 is 4.84 Å². The number of aromatic nitrogens is 2. The zero-order valence-corrected chi connectivity index (χ0v) is 14.3. The Hall–Kier alpha value is -3.05. The molecule has 0 unspecified atom stereocenters. The van der Waals surface area contributed by atoms with Gasteiger partial charge in [-0.3, -0.25) is 14.3 Å². The van der Waals surface area contributed by atoms with Crippen LogP contribution in [0.15, 0.2) is 35.5 Å². The lowest BCUT2D eigenvalue weighted by molar-refractivity contribution is -0.0587. The first-order valence-electron chi connectivity index (χ1n) is 7.54. The summed E-state index contributed by atoms with van der Waals surface area (Å²) in [6.45, 7) is 0.481. The van der Waals surface area contributed by atoms with Crippen LogP contribution in [-0.4, -0.2) is 58.9 Å². The molecule has 0 saturated heterocycles. The lowest BCUT2D eigenvalue weighted by Gasteiger charge is -2.23. The normalized spacial score (nSPS) is 18.6. The number of carbonyl (C=O) groups is 3.